The fourth-order valence-corrected chi connectivity index (χ4v) is 7.09. The molecule has 0 bridgehead atoms. The SMILES string of the molecule is Cc1ccc(S(=O)(=O)N[C@H](CO[Si](C)(C)C(C)(C)C)Cc2ccc(O[Si](C)(C)C(C)(C)C)c(Br)c2)cc1. The van der Waals surface area contributed by atoms with Crippen LogP contribution in [0.3, 0.4) is 0 Å². The first-order valence-corrected chi connectivity index (χ1v) is 20.9. The third-order valence-corrected chi connectivity index (χ3v) is 18.8. The van der Waals surface area contributed by atoms with Crippen LogP contribution in [-0.2, 0) is 20.9 Å². The molecule has 0 radical (unpaired) electrons. The van der Waals surface area contributed by atoms with Crippen molar-refractivity contribution in [3.8, 4) is 5.75 Å². The van der Waals surface area contributed by atoms with Gasteiger partial charge in [-0.05, 0) is 95.4 Å². The number of halogens is 1. The lowest BCUT2D eigenvalue weighted by molar-refractivity contribution is 0.254. The zero-order chi connectivity index (χ0) is 28.4. The van der Waals surface area contributed by atoms with Gasteiger partial charge in [0, 0.05) is 6.04 Å². The van der Waals surface area contributed by atoms with Crippen molar-refractivity contribution in [2.24, 2.45) is 0 Å². The molecule has 37 heavy (non-hydrogen) atoms. The molecule has 0 amide bonds. The molecule has 5 nitrogen and oxygen atoms in total. The zero-order valence-electron chi connectivity index (χ0n) is 24.5. The van der Waals surface area contributed by atoms with Gasteiger partial charge in [0.05, 0.1) is 16.0 Å². The molecule has 208 valence electrons. The second-order valence-corrected chi connectivity index (χ2v) is 25.1. The predicted molar refractivity (Wildman–Crippen MR) is 164 cm³/mol. The van der Waals surface area contributed by atoms with Gasteiger partial charge in [-0.1, -0.05) is 65.3 Å². The van der Waals surface area contributed by atoms with Gasteiger partial charge in [0.25, 0.3) is 8.32 Å². The van der Waals surface area contributed by atoms with Crippen LogP contribution < -0.4 is 9.15 Å². The van der Waals surface area contributed by atoms with Crippen molar-refractivity contribution in [2.75, 3.05) is 6.61 Å². The second-order valence-electron chi connectivity index (χ2n) is 13.0. The first kappa shape index (κ1) is 32.2. The van der Waals surface area contributed by atoms with E-state index >= 15 is 0 Å². The van der Waals surface area contributed by atoms with E-state index in [0.717, 1.165) is 21.3 Å². The molecule has 0 saturated carbocycles. The monoisotopic (exact) mass is 627 g/mol. The number of rotatable bonds is 10. The number of nitrogens with one attached hydrogen (secondary N) is 1. The molecule has 2 rings (SSSR count). The van der Waals surface area contributed by atoms with Crippen LogP contribution in [0.4, 0.5) is 0 Å². The van der Waals surface area contributed by atoms with Gasteiger partial charge in [-0.25, -0.2) is 13.1 Å². The number of sulfonamides is 1. The molecule has 1 N–H and O–H groups in total. The third kappa shape index (κ3) is 8.76. The summed E-state index contributed by atoms with van der Waals surface area (Å²) in [6.07, 6.45) is 0.499. The summed E-state index contributed by atoms with van der Waals surface area (Å²) >= 11 is 3.69. The van der Waals surface area contributed by atoms with Crippen LogP contribution in [0.25, 0.3) is 0 Å². The van der Waals surface area contributed by atoms with Crippen LogP contribution in [0.2, 0.25) is 36.3 Å². The smallest absolute Gasteiger partial charge is 0.250 e. The molecule has 0 aliphatic rings. The van der Waals surface area contributed by atoms with E-state index in [1.54, 1.807) is 12.1 Å². The fraction of sp³-hybridized carbons (Fsp3) is 0.571. The highest BCUT2D eigenvalue weighted by molar-refractivity contribution is 9.10. The Labute approximate surface area is 236 Å². The summed E-state index contributed by atoms with van der Waals surface area (Å²) in [5.74, 6) is 0.824. The second kappa shape index (κ2) is 11.6. The van der Waals surface area contributed by atoms with E-state index in [1.807, 2.05) is 37.3 Å². The van der Waals surface area contributed by atoms with Crippen molar-refractivity contribution in [2.45, 2.75) is 102 Å². The van der Waals surface area contributed by atoms with Crippen LogP contribution in [-0.4, -0.2) is 37.7 Å². The summed E-state index contributed by atoms with van der Waals surface area (Å²) in [4.78, 5) is 0.259. The Morgan fingerprint density at radius 1 is 0.892 bits per heavy atom. The lowest BCUT2D eigenvalue weighted by atomic mass is 10.1. The molecule has 2 aromatic carbocycles. The van der Waals surface area contributed by atoms with Gasteiger partial charge in [-0.3, -0.25) is 0 Å². The molecule has 0 saturated heterocycles. The predicted octanol–water partition coefficient (Wildman–Crippen LogP) is 8.05. The summed E-state index contributed by atoms with van der Waals surface area (Å²) in [6, 6.07) is 12.5. The average molecular weight is 629 g/mol. The third-order valence-electron chi connectivity index (χ3n) is 7.75. The molecule has 0 aromatic heterocycles. The summed E-state index contributed by atoms with van der Waals surface area (Å²) in [5, 5.41) is 0.116. The standard InChI is InChI=1S/C28H46BrNO4SSi2/c1-21-12-15-24(16-13-21)35(31,32)30-23(20-33-36(8,9)27(2,3)4)18-22-14-17-26(25(29)19-22)34-37(10,11)28(5,6)7/h12-17,19,23,30H,18,20H2,1-11H3/t23-/m0/s1. The van der Waals surface area contributed by atoms with Crippen LogP contribution in [0.15, 0.2) is 51.8 Å². The fourth-order valence-electron chi connectivity index (χ4n) is 3.13. The molecule has 1 atom stereocenters. The Morgan fingerprint density at radius 3 is 1.92 bits per heavy atom. The maximum atomic E-state index is 13.3. The van der Waals surface area contributed by atoms with Crippen LogP contribution in [0.1, 0.15) is 52.7 Å². The molecule has 9 heteroatoms. The van der Waals surface area contributed by atoms with E-state index in [2.05, 4.69) is 88.4 Å². The molecule has 0 aliphatic heterocycles. The first-order chi connectivity index (χ1) is 16.6. The molecular formula is C28H46BrNO4SSi2. The summed E-state index contributed by atoms with van der Waals surface area (Å²) in [5.41, 5.74) is 2.02. The molecule has 0 unspecified atom stereocenters. The molecule has 0 fully saturated rings. The minimum atomic E-state index is -3.70. The minimum absolute atomic E-state index is 0.0269. The van der Waals surface area contributed by atoms with Gasteiger partial charge < -0.3 is 8.85 Å². The Balaban J connectivity index is 2.32. The topological polar surface area (TPSA) is 64.6 Å². The Hall–Kier alpha value is -0.976. The lowest BCUT2D eigenvalue weighted by Crippen LogP contribution is -2.47. The van der Waals surface area contributed by atoms with E-state index in [1.165, 1.54) is 0 Å². The molecule has 0 aliphatic carbocycles. The first-order valence-electron chi connectivity index (χ1n) is 12.8. The van der Waals surface area contributed by atoms with Gasteiger partial charge in [0.1, 0.15) is 5.75 Å². The van der Waals surface area contributed by atoms with E-state index in [-0.39, 0.29) is 15.0 Å². The quantitative estimate of drug-likeness (QED) is 0.271. The largest absolute Gasteiger partial charge is 0.543 e. The van der Waals surface area contributed by atoms with Crippen molar-refractivity contribution in [3.63, 3.8) is 0 Å². The summed E-state index contributed by atoms with van der Waals surface area (Å²) < 4.78 is 43.3. The van der Waals surface area contributed by atoms with Crippen molar-refractivity contribution in [1.82, 2.24) is 4.72 Å². The zero-order valence-corrected chi connectivity index (χ0v) is 28.9. The van der Waals surface area contributed by atoms with Gasteiger partial charge in [0.2, 0.25) is 10.0 Å². The highest BCUT2D eigenvalue weighted by Crippen LogP contribution is 2.40. The van der Waals surface area contributed by atoms with Gasteiger partial charge >= 0.3 is 0 Å². The van der Waals surface area contributed by atoms with Crippen LogP contribution in [0.5, 0.6) is 5.75 Å². The van der Waals surface area contributed by atoms with E-state index in [4.69, 9.17) is 8.85 Å². The Kier molecular flexibility index (Phi) is 10.1. The molecule has 0 spiro atoms. The summed E-state index contributed by atoms with van der Waals surface area (Å²) in [7, 11) is -7.76. The average Bonchev–Trinajstić information content (AvgIpc) is 2.72. The minimum Gasteiger partial charge on any atom is -0.543 e. The molecular weight excluding hydrogens is 582 g/mol. The van der Waals surface area contributed by atoms with E-state index in [9.17, 15) is 8.42 Å². The van der Waals surface area contributed by atoms with Crippen LogP contribution in [0, 0.1) is 6.92 Å². The van der Waals surface area contributed by atoms with Crippen molar-refractivity contribution in [1.29, 1.82) is 0 Å². The van der Waals surface area contributed by atoms with E-state index in [0.29, 0.717) is 13.0 Å². The lowest BCUT2D eigenvalue weighted by Gasteiger charge is -2.37. The Morgan fingerprint density at radius 2 is 1.43 bits per heavy atom. The summed E-state index contributed by atoms with van der Waals surface area (Å²) in [6.45, 7) is 24.3. The van der Waals surface area contributed by atoms with Gasteiger partial charge in [0.15, 0.2) is 8.32 Å². The van der Waals surface area contributed by atoms with Gasteiger partial charge in [-0.15, -0.1) is 0 Å². The van der Waals surface area contributed by atoms with Crippen molar-refractivity contribution < 1.29 is 17.3 Å². The van der Waals surface area contributed by atoms with E-state index < -0.39 is 32.7 Å². The van der Waals surface area contributed by atoms with Gasteiger partial charge in [-0.2, -0.15) is 0 Å². The van der Waals surface area contributed by atoms with Crippen molar-refractivity contribution in [3.05, 3.63) is 58.1 Å². The Bertz CT molecular complexity index is 1170. The number of aryl methyl sites for hydroxylation is 1. The number of benzene rings is 2. The highest BCUT2D eigenvalue weighted by Gasteiger charge is 2.40. The number of hydrogen-bond acceptors (Lipinski definition) is 4. The normalized spacial score (nSPS) is 14.5. The van der Waals surface area contributed by atoms with Crippen molar-refractivity contribution >= 4 is 42.6 Å². The molecule has 2 aromatic rings. The maximum absolute atomic E-state index is 13.3. The van der Waals surface area contributed by atoms with Crippen LogP contribution >= 0.6 is 15.9 Å². The molecule has 0 heterocycles. The maximum Gasteiger partial charge on any atom is 0.250 e. The number of hydrogen-bond donors (Lipinski definition) is 1. The highest BCUT2D eigenvalue weighted by atomic mass is 79.9.